The van der Waals surface area contributed by atoms with Crippen molar-refractivity contribution in [2.24, 2.45) is 0 Å². The molecular weight excluding hydrogens is 390 g/mol. The van der Waals surface area contributed by atoms with Gasteiger partial charge in [0.05, 0.1) is 5.56 Å². The molecule has 0 bridgehead atoms. The topological polar surface area (TPSA) is 89.6 Å². The van der Waals surface area contributed by atoms with Crippen LogP contribution in [0.4, 0.5) is 5.82 Å². The number of pyridine rings is 1. The van der Waals surface area contributed by atoms with Gasteiger partial charge in [0.1, 0.15) is 10.7 Å². The molecule has 2 aromatic heterocycles. The number of hydrogen-bond donors (Lipinski definition) is 1. The van der Waals surface area contributed by atoms with E-state index in [2.05, 4.69) is 14.9 Å². The Hall–Kier alpha value is -2.39. The summed E-state index contributed by atoms with van der Waals surface area (Å²) in [5.41, 5.74) is 1.44. The van der Waals surface area contributed by atoms with Gasteiger partial charge in [0, 0.05) is 56.9 Å². The number of piperazine rings is 1. The lowest BCUT2D eigenvalue weighted by atomic mass is 10.2. The number of carbonyl (C=O) groups is 1. The molecule has 2 aliphatic rings. The van der Waals surface area contributed by atoms with Gasteiger partial charge in [-0.3, -0.25) is 4.79 Å². The molecular formula is C20H27N5O3S. The zero-order chi connectivity index (χ0) is 20.6. The highest BCUT2D eigenvalue weighted by atomic mass is 32.2. The second-order valence-electron chi connectivity index (χ2n) is 7.66. The Morgan fingerprint density at radius 2 is 1.69 bits per heavy atom. The van der Waals surface area contributed by atoms with Gasteiger partial charge in [-0.25, -0.2) is 13.4 Å². The number of rotatable bonds is 4. The predicted octanol–water partition coefficient (Wildman–Crippen LogP) is 1.77. The molecule has 0 atom stereocenters. The Morgan fingerprint density at radius 1 is 1.00 bits per heavy atom. The average molecular weight is 418 g/mol. The van der Waals surface area contributed by atoms with Crippen LogP contribution in [-0.2, 0) is 10.0 Å². The molecule has 0 radical (unpaired) electrons. The molecule has 29 heavy (non-hydrogen) atoms. The molecule has 0 unspecified atom stereocenters. The number of carbonyl (C=O) groups excluding carboxylic acids is 1. The molecule has 2 aromatic rings. The van der Waals surface area contributed by atoms with Gasteiger partial charge in [-0.1, -0.05) is 6.07 Å². The Kier molecular flexibility index (Phi) is 5.35. The molecule has 4 rings (SSSR count). The van der Waals surface area contributed by atoms with E-state index in [1.165, 1.54) is 4.31 Å². The van der Waals surface area contributed by atoms with Gasteiger partial charge in [-0.05, 0) is 38.8 Å². The minimum absolute atomic E-state index is 0.137. The van der Waals surface area contributed by atoms with Crippen LogP contribution < -0.4 is 4.90 Å². The molecule has 1 amide bonds. The molecule has 1 N–H and O–H groups in total. The largest absolute Gasteiger partial charge is 0.361 e. The fraction of sp³-hybridized carbons (Fsp3) is 0.500. The van der Waals surface area contributed by atoms with Crippen molar-refractivity contribution in [3.05, 3.63) is 41.3 Å². The van der Waals surface area contributed by atoms with Gasteiger partial charge < -0.3 is 14.8 Å². The maximum Gasteiger partial charge on any atom is 0.257 e. The molecule has 156 valence electrons. The normalized spacial score (nSPS) is 18.4. The van der Waals surface area contributed by atoms with E-state index in [-0.39, 0.29) is 10.8 Å². The Morgan fingerprint density at radius 3 is 2.31 bits per heavy atom. The monoisotopic (exact) mass is 417 g/mol. The maximum absolute atomic E-state index is 13.5. The number of sulfonamides is 1. The maximum atomic E-state index is 13.5. The lowest BCUT2D eigenvalue weighted by Gasteiger charge is -2.34. The minimum Gasteiger partial charge on any atom is -0.361 e. The predicted molar refractivity (Wildman–Crippen MR) is 111 cm³/mol. The fourth-order valence-electron chi connectivity index (χ4n) is 4.24. The molecule has 8 nitrogen and oxygen atoms in total. The van der Waals surface area contributed by atoms with Crippen molar-refractivity contribution >= 4 is 21.7 Å². The second-order valence-corrected chi connectivity index (χ2v) is 9.53. The number of anilines is 1. The van der Waals surface area contributed by atoms with Gasteiger partial charge in [0.2, 0.25) is 10.0 Å². The van der Waals surface area contributed by atoms with E-state index < -0.39 is 10.0 Å². The van der Waals surface area contributed by atoms with Crippen LogP contribution >= 0.6 is 0 Å². The van der Waals surface area contributed by atoms with E-state index >= 15 is 0 Å². The SMILES string of the molecule is Cc1[nH]c(C)c(S(=O)(=O)N2CCN(c3ccccn3)CC2)c1C(=O)N1CCCC1. The number of aryl methyl sites for hydroxylation is 2. The van der Waals surface area contributed by atoms with Crippen LogP contribution in [0.1, 0.15) is 34.6 Å². The molecule has 2 aliphatic heterocycles. The summed E-state index contributed by atoms with van der Waals surface area (Å²) < 4.78 is 28.5. The number of H-pyrrole nitrogens is 1. The van der Waals surface area contributed by atoms with E-state index in [1.54, 1.807) is 24.9 Å². The second kappa shape index (κ2) is 7.79. The summed E-state index contributed by atoms with van der Waals surface area (Å²) in [6.45, 7) is 6.72. The summed E-state index contributed by atoms with van der Waals surface area (Å²) in [5, 5.41) is 0. The van der Waals surface area contributed by atoms with E-state index in [4.69, 9.17) is 0 Å². The lowest BCUT2D eigenvalue weighted by molar-refractivity contribution is 0.0788. The number of nitrogens with one attached hydrogen (secondary N) is 1. The highest BCUT2D eigenvalue weighted by molar-refractivity contribution is 7.89. The Labute approximate surface area is 171 Å². The Balaban J connectivity index is 1.59. The van der Waals surface area contributed by atoms with Gasteiger partial charge in [0.15, 0.2) is 0 Å². The first-order valence-electron chi connectivity index (χ1n) is 10.0. The molecule has 9 heteroatoms. The van der Waals surface area contributed by atoms with Crippen LogP contribution in [0.3, 0.4) is 0 Å². The smallest absolute Gasteiger partial charge is 0.257 e. The third kappa shape index (κ3) is 3.64. The molecule has 0 saturated carbocycles. The van der Waals surface area contributed by atoms with Crippen LogP contribution in [0, 0.1) is 13.8 Å². The van der Waals surface area contributed by atoms with Crippen molar-refractivity contribution in [3.63, 3.8) is 0 Å². The van der Waals surface area contributed by atoms with Crippen molar-refractivity contribution < 1.29 is 13.2 Å². The van der Waals surface area contributed by atoms with Crippen LogP contribution in [-0.4, -0.2) is 72.8 Å². The lowest BCUT2D eigenvalue weighted by Crippen LogP contribution is -2.49. The van der Waals surface area contributed by atoms with E-state index in [0.717, 1.165) is 18.7 Å². The molecule has 2 saturated heterocycles. The van der Waals surface area contributed by atoms with Gasteiger partial charge in [0.25, 0.3) is 5.91 Å². The highest BCUT2D eigenvalue weighted by Gasteiger charge is 2.37. The molecule has 4 heterocycles. The van der Waals surface area contributed by atoms with Crippen molar-refractivity contribution in [1.29, 1.82) is 0 Å². The van der Waals surface area contributed by atoms with E-state index in [0.29, 0.717) is 56.2 Å². The highest BCUT2D eigenvalue weighted by Crippen LogP contribution is 2.30. The summed E-state index contributed by atoms with van der Waals surface area (Å²) >= 11 is 0. The van der Waals surface area contributed by atoms with Crippen LogP contribution in [0.2, 0.25) is 0 Å². The third-order valence-electron chi connectivity index (χ3n) is 5.73. The van der Waals surface area contributed by atoms with Crippen LogP contribution in [0.25, 0.3) is 0 Å². The van der Waals surface area contributed by atoms with Gasteiger partial charge in [-0.2, -0.15) is 4.31 Å². The Bertz CT molecular complexity index is 989. The standard InChI is InChI=1S/C20H27N5O3S/c1-15-18(20(26)24-9-5-6-10-24)19(16(2)22-15)29(27,28)25-13-11-23(12-14-25)17-7-3-4-8-21-17/h3-4,7-8,22H,5-6,9-14H2,1-2H3. The van der Waals surface area contributed by atoms with Gasteiger partial charge >= 0.3 is 0 Å². The van der Waals surface area contributed by atoms with E-state index in [1.807, 2.05) is 18.2 Å². The third-order valence-corrected chi connectivity index (χ3v) is 7.81. The van der Waals surface area contributed by atoms with Crippen molar-refractivity contribution in [2.45, 2.75) is 31.6 Å². The number of nitrogens with zero attached hydrogens (tertiary/aromatic N) is 4. The number of amides is 1. The average Bonchev–Trinajstić information content (AvgIpc) is 3.36. The summed E-state index contributed by atoms with van der Waals surface area (Å²) in [7, 11) is -3.78. The van der Waals surface area contributed by atoms with Crippen molar-refractivity contribution in [3.8, 4) is 0 Å². The zero-order valence-corrected chi connectivity index (χ0v) is 17.7. The first-order valence-corrected chi connectivity index (χ1v) is 11.5. The number of hydrogen-bond acceptors (Lipinski definition) is 5. The quantitative estimate of drug-likeness (QED) is 0.819. The van der Waals surface area contributed by atoms with Crippen LogP contribution in [0.15, 0.2) is 29.3 Å². The van der Waals surface area contributed by atoms with Crippen LogP contribution in [0.5, 0.6) is 0 Å². The molecule has 0 aliphatic carbocycles. The summed E-state index contributed by atoms with van der Waals surface area (Å²) in [5.74, 6) is 0.665. The van der Waals surface area contributed by atoms with Crippen molar-refractivity contribution in [2.75, 3.05) is 44.2 Å². The first-order chi connectivity index (χ1) is 13.9. The first kappa shape index (κ1) is 19.9. The summed E-state index contributed by atoms with van der Waals surface area (Å²) in [6.07, 6.45) is 3.66. The summed E-state index contributed by atoms with van der Waals surface area (Å²) in [4.78, 5) is 24.5. The molecule has 2 fully saturated rings. The molecule has 0 aromatic carbocycles. The van der Waals surface area contributed by atoms with Crippen molar-refractivity contribution in [1.82, 2.24) is 19.2 Å². The van der Waals surface area contributed by atoms with E-state index in [9.17, 15) is 13.2 Å². The molecule has 0 spiro atoms. The fourth-order valence-corrected chi connectivity index (χ4v) is 6.08. The minimum atomic E-state index is -3.78. The number of likely N-dealkylation sites (tertiary alicyclic amines) is 1. The zero-order valence-electron chi connectivity index (χ0n) is 16.9. The number of aromatic nitrogens is 2. The summed E-state index contributed by atoms with van der Waals surface area (Å²) in [6, 6.07) is 5.71. The van der Waals surface area contributed by atoms with Gasteiger partial charge in [-0.15, -0.1) is 0 Å². The number of aromatic amines is 1.